The second-order valence-corrected chi connectivity index (χ2v) is 4.09. The Morgan fingerprint density at radius 2 is 2.15 bits per heavy atom. The number of carbonyl (C=O) groups is 1. The van der Waals surface area contributed by atoms with Crippen molar-refractivity contribution in [1.82, 2.24) is 5.32 Å². The van der Waals surface area contributed by atoms with Gasteiger partial charge in [-0.25, -0.2) is 0 Å². The first-order valence-electron chi connectivity index (χ1n) is 12.4. The van der Waals surface area contributed by atoms with Crippen molar-refractivity contribution >= 4 is 5.91 Å². The molecule has 1 unspecified atom stereocenters. The van der Waals surface area contributed by atoms with Gasteiger partial charge in [-0.15, -0.1) is 0 Å². The van der Waals surface area contributed by atoms with E-state index in [1.54, 1.807) is 0 Å². The van der Waals surface area contributed by atoms with Crippen molar-refractivity contribution in [3.8, 4) is 11.5 Å². The molecule has 1 heterocycles. The molecule has 1 amide bonds. The van der Waals surface area contributed by atoms with Gasteiger partial charge in [0.15, 0.2) is 11.5 Å². The number of hydrogen-bond acceptors (Lipinski definition) is 3. The van der Waals surface area contributed by atoms with Crippen molar-refractivity contribution in [1.29, 1.82) is 0 Å². The van der Waals surface area contributed by atoms with Gasteiger partial charge >= 0.3 is 0 Å². The maximum Gasteiger partial charge on any atom is 0.220 e. The number of rotatable bonds is 4. The second-order valence-electron chi connectivity index (χ2n) is 4.09. The first kappa shape index (κ1) is 4.93. The van der Waals surface area contributed by atoms with Crippen molar-refractivity contribution in [2.75, 3.05) is 13.7 Å². The zero-order valence-corrected chi connectivity index (χ0v) is 10.6. The van der Waals surface area contributed by atoms with Crippen LogP contribution in [-0.2, 0) is 4.79 Å². The van der Waals surface area contributed by atoms with Gasteiger partial charge in [0.25, 0.3) is 0 Å². The maximum absolute atomic E-state index is 11.9. The largest absolute Gasteiger partial charge is 0.493 e. The van der Waals surface area contributed by atoms with E-state index in [0.29, 0.717) is 0 Å². The Hall–Kier alpha value is -1.71. The summed E-state index contributed by atoms with van der Waals surface area (Å²) in [5.41, 5.74) is -0.440. The van der Waals surface area contributed by atoms with E-state index >= 15 is 0 Å². The molecule has 1 aromatic rings. The highest BCUT2D eigenvalue weighted by atomic mass is 16.5. The predicted octanol–water partition coefficient (Wildman–Crippen LogP) is 2.62. The van der Waals surface area contributed by atoms with Crippen LogP contribution < -0.4 is 14.8 Å². The molecule has 1 saturated carbocycles. The lowest BCUT2D eigenvalue weighted by Crippen LogP contribution is -2.14. The summed E-state index contributed by atoms with van der Waals surface area (Å²) in [6.45, 7) is -0.314. The van der Waals surface area contributed by atoms with Crippen LogP contribution in [0.2, 0.25) is 0 Å². The van der Waals surface area contributed by atoms with Crippen LogP contribution in [0.4, 0.5) is 0 Å². The summed E-state index contributed by atoms with van der Waals surface area (Å²) >= 11 is 0. The molecule has 2 fully saturated rings. The number of methoxy groups -OCH3 is 1. The van der Waals surface area contributed by atoms with Crippen LogP contribution in [0.1, 0.15) is 61.2 Å². The van der Waals surface area contributed by atoms with Gasteiger partial charge in [-0.1, -0.05) is 6.04 Å². The minimum atomic E-state index is -3.36. The Morgan fingerprint density at radius 3 is 2.80 bits per heavy atom. The molecule has 0 spiro atoms. The predicted molar refractivity (Wildman–Crippen MR) is 76.2 cm³/mol. The first-order valence-corrected chi connectivity index (χ1v) is 5.92. The highest BCUT2D eigenvalue weighted by Crippen LogP contribution is 2.35. The zero-order valence-electron chi connectivity index (χ0n) is 23.6. The number of ether oxygens (including phenoxy) is 2. The fourth-order valence-electron chi connectivity index (χ4n) is 1.84. The minimum Gasteiger partial charge on any atom is -0.493 e. The molecule has 4 heteroatoms. The van der Waals surface area contributed by atoms with E-state index in [4.69, 9.17) is 27.3 Å². The Morgan fingerprint density at radius 1 is 1.35 bits per heavy atom. The maximum atomic E-state index is 11.9. The van der Waals surface area contributed by atoms with Crippen molar-refractivity contribution in [2.45, 2.75) is 43.9 Å². The summed E-state index contributed by atoms with van der Waals surface area (Å²) < 4.78 is 115. The highest BCUT2D eigenvalue weighted by molar-refractivity contribution is 5.79. The van der Waals surface area contributed by atoms with Gasteiger partial charge in [0.2, 0.25) is 5.91 Å². The average Bonchev–Trinajstić information content (AvgIpc) is 2.98. The summed E-state index contributed by atoms with van der Waals surface area (Å²) in [6, 6.07) is -2.14. The first-order chi connectivity index (χ1) is 14.8. The lowest BCUT2D eigenvalue weighted by molar-refractivity contribution is -0.119. The molecule has 108 valence electrons. The molecule has 1 aliphatic carbocycles. The number of benzene rings is 1. The van der Waals surface area contributed by atoms with E-state index in [1.165, 1.54) is 0 Å². The number of carbonyl (C=O) groups excluding carboxylic acids is 1. The Kier molecular flexibility index (Phi) is 1.41. The summed E-state index contributed by atoms with van der Waals surface area (Å²) in [5, 5.41) is 2.27. The van der Waals surface area contributed by atoms with Crippen LogP contribution in [0.25, 0.3) is 0 Å². The van der Waals surface area contributed by atoms with Gasteiger partial charge in [-0.2, -0.15) is 0 Å². The normalized spacial score (nSPS) is 45.0. The van der Waals surface area contributed by atoms with Gasteiger partial charge in [0.05, 0.1) is 17.3 Å². The third-order valence-corrected chi connectivity index (χ3v) is 2.79. The quantitative estimate of drug-likeness (QED) is 0.926. The summed E-state index contributed by atoms with van der Waals surface area (Å²) in [5.74, 6) is -3.78. The Bertz CT molecular complexity index is 984. The molecule has 1 N–H and O–H groups in total. The van der Waals surface area contributed by atoms with Crippen LogP contribution >= 0.6 is 0 Å². The van der Waals surface area contributed by atoms with Gasteiger partial charge in [0, 0.05) is 32.5 Å². The third-order valence-electron chi connectivity index (χ3n) is 2.79. The van der Waals surface area contributed by atoms with Gasteiger partial charge in [0.1, 0.15) is 0 Å². The van der Waals surface area contributed by atoms with Crippen LogP contribution in [0.15, 0.2) is 18.1 Å². The zero-order chi connectivity index (χ0) is 25.5. The Labute approximate surface area is 137 Å². The minimum absolute atomic E-state index is 0.314. The SMILES string of the molecule is [2H]c1c([2H])c(C2CNC(=O)C2([2H])[2H])c([2H])c(OC2C([2H])([2H])C([2H])([2H])C([2H])([2H])C2([2H])[2H])c1OC. The van der Waals surface area contributed by atoms with E-state index in [1.807, 2.05) is 0 Å². The summed E-state index contributed by atoms with van der Waals surface area (Å²) in [6.07, 6.45) is -18.2. The van der Waals surface area contributed by atoms with Crippen molar-refractivity contribution in [3.05, 3.63) is 23.7 Å². The van der Waals surface area contributed by atoms with Crippen LogP contribution in [0.5, 0.6) is 11.5 Å². The number of amides is 1. The average molecular weight is 288 g/mol. The summed E-state index contributed by atoms with van der Waals surface area (Å²) in [4.78, 5) is 11.9. The smallest absolute Gasteiger partial charge is 0.220 e. The molecule has 3 rings (SSSR count). The van der Waals surface area contributed by atoms with Crippen LogP contribution in [0.3, 0.4) is 0 Å². The fourth-order valence-corrected chi connectivity index (χ4v) is 1.84. The number of nitrogens with one attached hydrogen (secondary N) is 1. The van der Waals surface area contributed by atoms with Crippen LogP contribution in [-0.4, -0.2) is 25.7 Å². The van der Waals surface area contributed by atoms with E-state index in [2.05, 4.69) is 5.32 Å². The molecule has 0 radical (unpaired) electrons. The van der Waals surface area contributed by atoms with Crippen molar-refractivity contribution < 1.29 is 32.1 Å². The lowest BCUT2D eigenvalue weighted by Gasteiger charge is -2.18. The molecule has 1 aliphatic heterocycles. The van der Waals surface area contributed by atoms with Crippen LogP contribution in [0, 0.1) is 0 Å². The second kappa shape index (κ2) is 5.73. The molecule has 4 nitrogen and oxygen atoms in total. The topological polar surface area (TPSA) is 47.6 Å². The van der Waals surface area contributed by atoms with Gasteiger partial charge < -0.3 is 14.8 Å². The molecule has 1 aromatic carbocycles. The third kappa shape index (κ3) is 2.74. The fraction of sp³-hybridized carbons (Fsp3) is 0.562. The van der Waals surface area contributed by atoms with E-state index in [0.717, 1.165) is 7.11 Å². The summed E-state index contributed by atoms with van der Waals surface area (Å²) in [7, 11) is 1.04. The highest BCUT2D eigenvalue weighted by Gasteiger charge is 2.25. The lowest BCUT2D eigenvalue weighted by atomic mass is 9.98. The van der Waals surface area contributed by atoms with E-state index in [-0.39, 0.29) is 6.54 Å². The van der Waals surface area contributed by atoms with E-state index < -0.39 is 85.0 Å². The van der Waals surface area contributed by atoms with Crippen molar-refractivity contribution in [2.24, 2.45) is 0 Å². The molecule has 20 heavy (non-hydrogen) atoms. The Balaban J connectivity index is 2.25. The molecular formula is C16H21NO3. The molecule has 1 saturated heterocycles. The molecular weight excluding hydrogens is 254 g/mol. The molecule has 2 aliphatic rings. The molecule has 0 bridgehead atoms. The van der Waals surface area contributed by atoms with Gasteiger partial charge in [-0.3, -0.25) is 4.79 Å². The number of hydrogen-bond donors (Lipinski definition) is 1. The van der Waals surface area contributed by atoms with Gasteiger partial charge in [-0.05, 0) is 43.1 Å². The monoisotopic (exact) mass is 288 g/mol. The standard InChI is InChI=1S/C16H21NO3/c1-19-14-7-6-11(12-9-16(18)17-10-12)8-15(14)20-13-4-2-3-5-13/h6-8,12-13H,2-5,9-10H2,1H3,(H,17,18)/i2D2,3D2,4D2,5D2,6D,7D,8D,9D2. The molecule has 1 atom stereocenters. The van der Waals surface area contributed by atoms with Crippen molar-refractivity contribution in [3.63, 3.8) is 0 Å². The van der Waals surface area contributed by atoms with E-state index in [9.17, 15) is 4.79 Å². The molecule has 0 aromatic heterocycles.